The second-order valence-electron chi connectivity index (χ2n) is 5.97. The molecule has 0 saturated carbocycles. The van der Waals surface area contributed by atoms with Crippen molar-refractivity contribution in [3.05, 3.63) is 72.2 Å². The molecule has 0 bridgehead atoms. The standard InChI is InChI=1S/C20H19N3O5S/c1-27-18-4-3-16(20(24)28-2)12-19(18)29(25,26)23-13-14-5-10-22-17(11-14)15-6-8-21-9-7-15/h3-12,23H,13H2,1-2H3. The Morgan fingerprint density at radius 1 is 1.03 bits per heavy atom. The van der Waals surface area contributed by atoms with Crippen LogP contribution >= 0.6 is 0 Å². The van der Waals surface area contributed by atoms with E-state index in [1.807, 2.05) is 12.1 Å². The van der Waals surface area contributed by atoms with Gasteiger partial charge in [-0.1, -0.05) is 0 Å². The summed E-state index contributed by atoms with van der Waals surface area (Å²) in [5.41, 5.74) is 2.41. The van der Waals surface area contributed by atoms with Crippen molar-refractivity contribution in [3.8, 4) is 17.0 Å². The fourth-order valence-corrected chi connectivity index (χ4v) is 3.86. The maximum absolute atomic E-state index is 12.8. The Bertz CT molecular complexity index is 1120. The summed E-state index contributed by atoms with van der Waals surface area (Å²) in [5.74, 6) is -0.516. The first-order valence-corrected chi connectivity index (χ1v) is 10.0. The molecule has 0 radical (unpaired) electrons. The summed E-state index contributed by atoms with van der Waals surface area (Å²) < 4.78 is 38.0. The van der Waals surface area contributed by atoms with Gasteiger partial charge < -0.3 is 9.47 Å². The average Bonchev–Trinajstić information content (AvgIpc) is 2.77. The topological polar surface area (TPSA) is 107 Å². The Morgan fingerprint density at radius 2 is 1.79 bits per heavy atom. The summed E-state index contributed by atoms with van der Waals surface area (Å²) in [4.78, 5) is 19.9. The first-order chi connectivity index (χ1) is 13.9. The van der Waals surface area contributed by atoms with Gasteiger partial charge in [-0.05, 0) is 48.0 Å². The number of methoxy groups -OCH3 is 2. The minimum atomic E-state index is -3.96. The number of hydrogen-bond donors (Lipinski definition) is 1. The zero-order chi connectivity index (χ0) is 20.9. The van der Waals surface area contributed by atoms with Gasteiger partial charge in [0.05, 0.1) is 25.5 Å². The molecule has 2 heterocycles. The third kappa shape index (κ3) is 4.76. The Kier molecular flexibility index (Phi) is 6.20. The van der Waals surface area contributed by atoms with E-state index in [0.717, 1.165) is 11.1 Å². The van der Waals surface area contributed by atoms with Crippen molar-refractivity contribution < 1.29 is 22.7 Å². The van der Waals surface area contributed by atoms with Crippen LogP contribution in [0.4, 0.5) is 0 Å². The largest absolute Gasteiger partial charge is 0.495 e. The lowest BCUT2D eigenvalue weighted by atomic mass is 10.1. The van der Waals surface area contributed by atoms with Gasteiger partial charge in [0.25, 0.3) is 0 Å². The van der Waals surface area contributed by atoms with Gasteiger partial charge in [0, 0.05) is 30.7 Å². The van der Waals surface area contributed by atoms with Crippen molar-refractivity contribution in [1.82, 2.24) is 14.7 Å². The molecule has 0 aliphatic rings. The Labute approximate surface area is 168 Å². The molecule has 0 fully saturated rings. The van der Waals surface area contributed by atoms with Crippen molar-refractivity contribution >= 4 is 16.0 Å². The van der Waals surface area contributed by atoms with Gasteiger partial charge in [0.15, 0.2) is 0 Å². The van der Waals surface area contributed by atoms with Crippen molar-refractivity contribution in [2.45, 2.75) is 11.4 Å². The van der Waals surface area contributed by atoms with Crippen LogP contribution in [-0.4, -0.2) is 38.6 Å². The fraction of sp³-hybridized carbons (Fsp3) is 0.150. The van der Waals surface area contributed by atoms with Crippen molar-refractivity contribution in [3.63, 3.8) is 0 Å². The maximum Gasteiger partial charge on any atom is 0.337 e. The minimum Gasteiger partial charge on any atom is -0.495 e. The lowest BCUT2D eigenvalue weighted by Crippen LogP contribution is -2.24. The van der Waals surface area contributed by atoms with E-state index in [4.69, 9.17) is 4.74 Å². The molecule has 0 aliphatic carbocycles. The summed E-state index contributed by atoms with van der Waals surface area (Å²) in [6.45, 7) is 0.0363. The zero-order valence-electron chi connectivity index (χ0n) is 15.8. The van der Waals surface area contributed by atoms with E-state index in [-0.39, 0.29) is 22.8 Å². The van der Waals surface area contributed by atoms with E-state index in [0.29, 0.717) is 5.69 Å². The molecule has 0 unspecified atom stereocenters. The van der Waals surface area contributed by atoms with Crippen LogP contribution in [0.25, 0.3) is 11.3 Å². The number of carbonyl (C=O) groups is 1. The highest BCUT2D eigenvalue weighted by Crippen LogP contribution is 2.25. The van der Waals surface area contributed by atoms with Crippen LogP contribution < -0.4 is 9.46 Å². The number of sulfonamides is 1. The molecule has 3 rings (SSSR count). The molecular weight excluding hydrogens is 394 g/mol. The summed E-state index contributed by atoms with van der Waals surface area (Å²) in [7, 11) is -1.37. The molecule has 0 amide bonds. The number of hydrogen-bond acceptors (Lipinski definition) is 7. The average molecular weight is 413 g/mol. The molecule has 150 valence electrons. The number of rotatable bonds is 7. The summed E-state index contributed by atoms with van der Waals surface area (Å²) >= 11 is 0. The van der Waals surface area contributed by atoms with Crippen LogP contribution in [0.15, 0.2) is 66.0 Å². The molecule has 3 aromatic rings. The van der Waals surface area contributed by atoms with Gasteiger partial charge in [-0.3, -0.25) is 9.97 Å². The highest BCUT2D eigenvalue weighted by Gasteiger charge is 2.22. The van der Waals surface area contributed by atoms with Crippen LogP contribution in [0.1, 0.15) is 15.9 Å². The van der Waals surface area contributed by atoms with Gasteiger partial charge in [-0.2, -0.15) is 0 Å². The Hall–Kier alpha value is -3.30. The first-order valence-electron chi connectivity index (χ1n) is 8.56. The molecule has 8 nitrogen and oxygen atoms in total. The lowest BCUT2D eigenvalue weighted by molar-refractivity contribution is 0.0600. The quantitative estimate of drug-likeness (QED) is 0.593. The first kappa shape index (κ1) is 20.4. The monoisotopic (exact) mass is 413 g/mol. The minimum absolute atomic E-state index is 0.0363. The molecule has 29 heavy (non-hydrogen) atoms. The number of carbonyl (C=O) groups excluding carboxylic acids is 1. The van der Waals surface area contributed by atoms with Crippen molar-refractivity contribution in [2.75, 3.05) is 14.2 Å². The van der Waals surface area contributed by atoms with Crippen LogP contribution in [-0.2, 0) is 21.3 Å². The van der Waals surface area contributed by atoms with E-state index in [2.05, 4.69) is 19.4 Å². The maximum atomic E-state index is 12.8. The molecule has 0 aliphatic heterocycles. The molecule has 0 saturated heterocycles. The van der Waals surface area contributed by atoms with E-state index in [1.165, 1.54) is 32.4 Å². The number of nitrogens with zero attached hydrogens (tertiary/aromatic N) is 2. The number of ether oxygens (including phenoxy) is 2. The number of benzene rings is 1. The second kappa shape index (κ2) is 8.80. The summed E-state index contributed by atoms with van der Waals surface area (Å²) in [6, 6.07) is 11.2. The summed E-state index contributed by atoms with van der Waals surface area (Å²) in [6.07, 6.45) is 4.93. The number of esters is 1. The molecule has 0 atom stereocenters. The molecule has 9 heteroatoms. The molecule has 2 aromatic heterocycles. The molecule has 1 aromatic carbocycles. The summed E-state index contributed by atoms with van der Waals surface area (Å²) in [5, 5.41) is 0. The number of nitrogens with one attached hydrogen (secondary N) is 1. The predicted octanol–water partition coefficient (Wildman–Crippen LogP) is 2.42. The second-order valence-corrected chi connectivity index (χ2v) is 7.70. The van der Waals surface area contributed by atoms with Crippen molar-refractivity contribution in [1.29, 1.82) is 0 Å². The highest BCUT2D eigenvalue weighted by atomic mass is 32.2. The third-order valence-corrected chi connectivity index (χ3v) is 5.56. The molecule has 1 N–H and O–H groups in total. The Morgan fingerprint density at radius 3 is 2.48 bits per heavy atom. The van der Waals surface area contributed by atoms with Crippen LogP contribution in [0.3, 0.4) is 0 Å². The fourth-order valence-electron chi connectivity index (χ4n) is 2.65. The van der Waals surface area contributed by atoms with Gasteiger partial charge in [0.2, 0.25) is 10.0 Å². The van der Waals surface area contributed by atoms with Crippen LogP contribution in [0.5, 0.6) is 5.75 Å². The van der Waals surface area contributed by atoms with Gasteiger partial charge in [-0.15, -0.1) is 0 Å². The number of pyridine rings is 2. The van der Waals surface area contributed by atoms with Gasteiger partial charge in [-0.25, -0.2) is 17.9 Å². The zero-order valence-corrected chi connectivity index (χ0v) is 16.6. The van der Waals surface area contributed by atoms with Crippen LogP contribution in [0.2, 0.25) is 0 Å². The van der Waals surface area contributed by atoms with Gasteiger partial charge >= 0.3 is 5.97 Å². The number of aromatic nitrogens is 2. The van der Waals surface area contributed by atoms with E-state index >= 15 is 0 Å². The van der Waals surface area contributed by atoms with E-state index < -0.39 is 16.0 Å². The predicted molar refractivity (Wildman–Crippen MR) is 106 cm³/mol. The van der Waals surface area contributed by atoms with E-state index in [1.54, 1.807) is 30.7 Å². The molecule has 0 spiro atoms. The lowest BCUT2D eigenvalue weighted by Gasteiger charge is -2.12. The van der Waals surface area contributed by atoms with E-state index in [9.17, 15) is 13.2 Å². The van der Waals surface area contributed by atoms with Gasteiger partial charge in [0.1, 0.15) is 10.6 Å². The smallest absolute Gasteiger partial charge is 0.337 e. The third-order valence-electron chi connectivity index (χ3n) is 4.14. The SMILES string of the molecule is COC(=O)c1ccc(OC)c(S(=O)(=O)NCc2ccnc(-c3ccncc3)c2)c1. The van der Waals surface area contributed by atoms with Crippen LogP contribution in [0, 0.1) is 0 Å². The Balaban J connectivity index is 1.85. The normalized spacial score (nSPS) is 11.1. The highest BCUT2D eigenvalue weighted by molar-refractivity contribution is 7.89. The van der Waals surface area contributed by atoms with Crippen molar-refractivity contribution in [2.24, 2.45) is 0 Å². The molecular formula is C20H19N3O5S.